The lowest BCUT2D eigenvalue weighted by atomic mass is 9.80. The van der Waals surface area contributed by atoms with Crippen LogP contribution in [-0.4, -0.2) is 36.3 Å². The predicted molar refractivity (Wildman–Crippen MR) is 85.2 cm³/mol. The molecule has 0 bridgehead atoms. The molecule has 0 amide bonds. The molecule has 0 radical (unpaired) electrons. The molecule has 1 aromatic carbocycles. The molecule has 0 saturated heterocycles. The first-order valence-electron chi connectivity index (χ1n) is 9.32. The zero-order chi connectivity index (χ0) is 31.8. The van der Waals surface area contributed by atoms with Crippen molar-refractivity contribution in [2.75, 3.05) is 0 Å². The summed E-state index contributed by atoms with van der Waals surface area (Å²) in [5.74, 6) is -46.9. The van der Waals surface area contributed by atoms with Gasteiger partial charge in [-0.1, -0.05) is 13.8 Å². The summed E-state index contributed by atoms with van der Waals surface area (Å²) in [5.41, 5.74) is -13.6. The van der Waals surface area contributed by atoms with Crippen LogP contribution in [0.2, 0.25) is 0 Å². The lowest BCUT2D eigenvalue weighted by Gasteiger charge is -2.36. The second kappa shape index (κ2) is 9.13. The van der Waals surface area contributed by atoms with Crippen molar-refractivity contribution in [1.82, 2.24) is 0 Å². The van der Waals surface area contributed by atoms with E-state index < -0.39 is 94.4 Å². The lowest BCUT2D eigenvalue weighted by molar-refractivity contribution is -0.363. The molecule has 0 aliphatic heterocycles. The summed E-state index contributed by atoms with van der Waals surface area (Å²) < 4.78 is 281. The third-order valence-electron chi connectivity index (χ3n) is 5.05. The van der Waals surface area contributed by atoms with E-state index in [-0.39, 0.29) is 13.8 Å². The van der Waals surface area contributed by atoms with E-state index in [9.17, 15) is 92.2 Å². The van der Waals surface area contributed by atoms with Gasteiger partial charge in [-0.3, -0.25) is 0 Å². The minimum absolute atomic E-state index is 0.189. The van der Waals surface area contributed by atoms with Crippen LogP contribution in [0.4, 0.5) is 92.2 Å². The number of hydrogen-bond donors (Lipinski definition) is 0. The highest BCUT2D eigenvalue weighted by Crippen LogP contribution is 2.60. The first kappa shape index (κ1) is 34.8. The molecule has 1 rings (SSSR count). The van der Waals surface area contributed by atoms with Gasteiger partial charge in [0.05, 0.1) is 0 Å². The summed E-state index contributed by atoms with van der Waals surface area (Å²) >= 11 is 0. The fourth-order valence-electron chi connectivity index (χ4n) is 3.03. The maximum absolute atomic E-state index is 14.5. The van der Waals surface area contributed by atoms with Crippen LogP contribution in [0.5, 0.6) is 0 Å². The van der Waals surface area contributed by atoms with Gasteiger partial charge in [-0.15, -0.1) is 0 Å². The van der Waals surface area contributed by atoms with Gasteiger partial charge in [0.25, 0.3) is 0 Å². The molecule has 0 atom stereocenters. The van der Waals surface area contributed by atoms with Crippen molar-refractivity contribution in [1.29, 1.82) is 0 Å². The van der Waals surface area contributed by atoms with Gasteiger partial charge >= 0.3 is 54.1 Å². The van der Waals surface area contributed by atoms with Crippen molar-refractivity contribution >= 4 is 0 Å². The molecule has 0 fully saturated rings. The second-order valence-electron chi connectivity index (χ2n) is 8.08. The van der Waals surface area contributed by atoms with E-state index in [0.717, 1.165) is 0 Å². The van der Waals surface area contributed by atoms with Crippen LogP contribution in [0.15, 0.2) is 12.1 Å². The SMILES string of the molecule is CC(C)c1c(C(F)(F)C(F)(F)C(F)(F)F)cc(C(F)(F)C(F)(F)C(F)(F)F)cc1C(F)(F)C(F)(F)C(F)(F)F. The smallest absolute Gasteiger partial charge is 0.194 e. The number of alkyl halides is 21. The topological polar surface area (TPSA) is 0 Å². The summed E-state index contributed by atoms with van der Waals surface area (Å²) in [6, 6.07) is -3.33. The van der Waals surface area contributed by atoms with E-state index in [1.807, 2.05) is 0 Å². The average Bonchev–Trinajstić information content (AvgIpc) is 2.69. The van der Waals surface area contributed by atoms with Crippen molar-refractivity contribution in [3.8, 4) is 0 Å². The van der Waals surface area contributed by atoms with Gasteiger partial charge in [0.1, 0.15) is 0 Å². The summed E-state index contributed by atoms with van der Waals surface area (Å²) in [4.78, 5) is 0. The minimum atomic E-state index is -7.57. The van der Waals surface area contributed by atoms with E-state index in [0.29, 0.717) is 0 Å². The van der Waals surface area contributed by atoms with Crippen LogP contribution in [0.3, 0.4) is 0 Å². The minimum Gasteiger partial charge on any atom is -0.194 e. The molecule has 0 aliphatic rings. The average molecular weight is 624 g/mol. The van der Waals surface area contributed by atoms with Crippen molar-refractivity contribution in [2.24, 2.45) is 0 Å². The normalized spacial score (nSPS) is 15.8. The summed E-state index contributed by atoms with van der Waals surface area (Å²) in [6.45, 7) is 0.377. The molecule has 0 spiro atoms. The Labute approximate surface area is 201 Å². The van der Waals surface area contributed by atoms with Crippen molar-refractivity contribution in [2.45, 2.75) is 73.8 Å². The molecule has 1 aromatic rings. The summed E-state index contributed by atoms with van der Waals surface area (Å²) in [6.07, 6.45) is -22.4. The Morgan fingerprint density at radius 2 is 0.641 bits per heavy atom. The zero-order valence-electron chi connectivity index (χ0n) is 18.2. The van der Waals surface area contributed by atoms with E-state index in [1.54, 1.807) is 0 Å². The van der Waals surface area contributed by atoms with Crippen LogP contribution >= 0.6 is 0 Å². The van der Waals surface area contributed by atoms with Gasteiger partial charge < -0.3 is 0 Å². The van der Waals surface area contributed by atoms with Crippen LogP contribution < -0.4 is 0 Å². The zero-order valence-corrected chi connectivity index (χ0v) is 18.2. The monoisotopic (exact) mass is 624 g/mol. The maximum atomic E-state index is 14.5. The predicted octanol–water partition coefficient (Wildman–Crippen LogP) is 9.68. The molecule has 0 aliphatic carbocycles. The Morgan fingerprint density at radius 3 is 0.846 bits per heavy atom. The third kappa shape index (κ3) is 5.06. The van der Waals surface area contributed by atoms with Gasteiger partial charge in [-0.05, 0) is 23.6 Å². The van der Waals surface area contributed by atoms with Crippen LogP contribution in [0.25, 0.3) is 0 Å². The Kier molecular flexibility index (Phi) is 8.14. The standard InChI is InChI=1S/C18H9F21/c1-5(2)9-7(11(21,22)14(27,28)17(34,35)36)3-6(10(19,20)13(25,26)16(31,32)33)4-8(9)12(23,24)15(29,30)18(37,38)39/h3-5H,1-2H3. The number of benzene rings is 1. The molecule has 0 saturated carbocycles. The van der Waals surface area contributed by atoms with Crippen LogP contribution in [0, 0.1) is 0 Å². The Hall–Kier alpha value is -2.25. The van der Waals surface area contributed by atoms with Crippen molar-refractivity contribution in [3.63, 3.8) is 0 Å². The number of rotatable bonds is 7. The molecule has 0 aromatic heterocycles. The molecule has 39 heavy (non-hydrogen) atoms. The summed E-state index contributed by atoms with van der Waals surface area (Å²) in [5, 5.41) is 0. The Morgan fingerprint density at radius 1 is 0.410 bits per heavy atom. The van der Waals surface area contributed by atoms with E-state index >= 15 is 0 Å². The largest absolute Gasteiger partial charge is 0.460 e. The molecule has 0 N–H and O–H groups in total. The van der Waals surface area contributed by atoms with Crippen LogP contribution in [-0.2, 0) is 17.8 Å². The van der Waals surface area contributed by atoms with Gasteiger partial charge in [-0.2, -0.15) is 92.2 Å². The summed E-state index contributed by atoms with van der Waals surface area (Å²) in [7, 11) is 0. The van der Waals surface area contributed by atoms with Crippen molar-refractivity contribution in [3.05, 3.63) is 34.4 Å². The fourth-order valence-corrected chi connectivity index (χ4v) is 3.03. The molecular weight excluding hydrogens is 615 g/mol. The molecule has 0 nitrogen and oxygen atoms in total. The quantitative estimate of drug-likeness (QED) is 0.265. The van der Waals surface area contributed by atoms with Gasteiger partial charge in [0.15, 0.2) is 0 Å². The fraction of sp³-hybridized carbons (Fsp3) is 0.667. The maximum Gasteiger partial charge on any atom is 0.460 e. The van der Waals surface area contributed by atoms with Crippen molar-refractivity contribution < 1.29 is 92.2 Å². The van der Waals surface area contributed by atoms with Gasteiger partial charge in [-0.25, -0.2) is 0 Å². The van der Waals surface area contributed by atoms with Gasteiger partial charge in [0, 0.05) is 16.7 Å². The third-order valence-corrected chi connectivity index (χ3v) is 5.05. The first-order chi connectivity index (χ1) is 16.7. The highest BCUT2D eigenvalue weighted by molar-refractivity contribution is 5.49. The van der Waals surface area contributed by atoms with Crippen LogP contribution in [0.1, 0.15) is 42.0 Å². The van der Waals surface area contributed by atoms with E-state index in [1.165, 1.54) is 0 Å². The second-order valence-corrected chi connectivity index (χ2v) is 8.08. The lowest BCUT2D eigenvalue weighted by Crippen LogP contribution is -2.53. The number of hydrogen-bond acceptors (Lipinski definition) is 0. The van der Waals surface area contributed by atoms with E-state index in [2.05, 4.69) is 0 Å². The molecule has 228 valence electrons. The Bertz CT molecular complexity index is 991. The van der Waals surface area contributed by atoms with E-state index in [4.69, 9.17) is 0 Å². The first-order valence-corrected chi connectivity index (χ1v) is 9.32. The molecule has 0 heterocycles. The molecule has 0 unspecified atom stereocenters. The van der Waals surface area contributed by atoms with Gasteiger partial charge in [0.2, 0.25) is 0 Å². The molecule has 21 heteroatoms. The molecular formula is C18H9F21. The Balaban J connectivity index is 4.56. The highest BCUT2D eigenvalue weighted by Gasteiger charge is 2.78. The number of halogens is 21. The highest BCUT2D eigenvalue weighted by atomic mass is 19.4.